The number of hydrogen-bond acceptors (Lipinski definition) is 2. The third kappa shape index (κ3) is 4.36. The molecule has 1 heterocycles. The van der Waals surface area contributed by atoms with Gasteiger partial charge in [-0.2, -0.15) is 0 Å². The Morgan fingerprint density at radius 2 is 1.26 bits per heavy atom. The summed E-state index contributed by atoms with van der Waals surface area (Å²) < 4.78 is 5.50. The highest BCUT2D eigenvalue weighted by atomic mass is 16.6. The van der Waals surface area contributed by atoms with Gasteiger partial charge in [0, 0.05) is 11.5 Å². The number of rotatable bonds is 0. The number of hydrogen-bond donors (Lipinski definition) is 0. The van der Waals surface area contributed by atoms with Gasteiger partial charge in [0.25, 0.3) is 0 Å². The zero-order valence-electron chi connectivity index (χ0n) is 12.2. The Morgan fingerprint density at radius 3 is 1.84 bits per heavy atom. The van der Waals surface area contributed by atoms with Crippen LogP contribution in [0.1, 0.15) is 77.0 Å². The minimum Gasteiger partial charge on any atom is -0.458 e. The van der Waals surface area contributed by atoms with E-state index in [0.29, 0.717) is 5.92 Å². The van der Waals surface area contributed by atoms with Crippen molar-refractivity contribution in [2.24, 2.45) is 5.92 Å². The standard InChI is InChI=1S/C17H28O2/c1-14-15-12-10-8-6-4-2-3-5-7-9-11-13-16(15)19-17(14)18/h15-16H,1-13H2/t15-,16-/m1/s1. The quantitative estimate of drug-likeness (QED) is 0.465. The third-order valence-corrected chi connectivity index (χ3v) is 4.67. The van der Waals surface area contributed by atoms with Gasteiger partial charge in [0.2, 0.25) is 0 Å². The summed E-state index contributed by atoms with van der Waals surface area (Å²) in [5.74, 6) is 0.162. The van der Waals surface area contributed by atoms with Gasteiger partial charge in [0.05, 0.1) is 0 Å². The number of esters is 1. The second-order valence-corrected chi connectivity index (χ2v) is 6.19. The summed E-state index contributed by atoms with van der Waals surface area (Å²) in [5.41, 5.74) is 0.733. The summed E-state index contributed by atoms with van der Waals surface area (Å²) in [4.78, 5) is 11.7. The highest BCUT2D eigenvalue weighted by Crippen LogP contribution is 2.34. The molecule has 1 saturated heterocycles. The number of fused-ring (bicyclic) bond motifs is 1. The average Bonchev–Trinajstić information content (AvgIpc) is 2.67. The van der Waals surface area contributed by atoms with Crippen LogP contribution in [-0.4, -0.2) is 12.1 Å². The lowest BCUT2D eigenvalue weighted by Gasteiger charge is -2.18. The van der Waals surface area contributed by atoms with Gasteiger partial charge in [-0.05, 0) is 19.3 Å². The molecule has 2 fully saturated rings. The summed E-state index contributed by atoms with van der Waals surface area (Å²) in [6, 6.07) is 0. The van der Waals surface area contributed by atoms with Crippen LogP contribution >= 0.6 is 0 Å². The Kier molecular flexibility index (Phi) is 5.93. The van der Waals surface area contributed by atoms with E-state index in [1.807, 2.05) is 0 Å². The maximum atomic E-state index is 11.7. The van der Waals surface area contributed by atoms with Crippen LogP contribution in [0.2, 0.25) is 0 Å². The van der Waals surface area contributed by atoms with Crippen LogP contribution in [0.3, 0.4) is 0 Å². The average molecular weight is 264 g/mol. The van der Waals surface area contributed by atoms with E-state index in [1.165, 1.54) is 64.2 Å². The lowest BCUT2D eigenvalue weighted by atomic mass is 9.88. The van der Waals surface area contributed by atoms with Crippen molar-refractivity contribution in [1.82, 2.24) is 0 Å². The molecule has 0 radical (unpaired) electrons. The minimum atomic E-state index is -0.140. The fourth-order valence-corrected chi connectivity index (χ4v) is 3.42. The Bertz CT molecular complexity index is 308. The van der Waals surface area contributed by atoms with Crippen LogP contribution in [0.25, 0.3) is 0 Å². The lowest BCUT2D eigenvalue weighted by molar-refractivity contribution is -0.139. The molecular weight excluding hydrogens is 236 g/mol. The van der Waals surface area contributed by atoms with E-state index in [2.05, 4.69) is 6.58 Å². The van der Waals surface area contributed by atoms with E-state index in [-0.39, 0.29) is 12.1 Å². The predicted molar refractivity (Wildman–Crippen MR) is 77.9 cm³/mol. The molecule has 0 aromatic carbocycles. The monoisotopic (exact) mass is 264 g/mol. The SMILES string of the molecule is C=C1C(=O)O[C@@H]2CCCCCCCCCCCC[C@H]12. The molecule has 2 nitrogen and oxygen atoms in total. The van der Waals surface area contributed by atoms with Gasteiger partial charge in [-0.25, -0.2) is 4.79 Å². The molecule has 1 aliphatic heterocycles. The first-order chi connectivity index (χ1) is 9.29. The van der Waals surface area contributed by atoms with Crippen molar-refractivity contribution in [2.75, 3.05) is 0 Å². The smallest absolute Gasteiger partial charge is 0.334 e. The van der Waals surface area contributed by atoms with Crippen molar-refractivity contribution in [2.45, 2.75) is 83.2 Å². The second kappa shape index (κ2) is 7.72. The Labute approximate surface area is 117 Å². The van der Waals surface area contributed by atoms with Gasteiger partial charge in [-0.1, -0.05) is 64.4 Å². The van der Waals surface area contributed by atoms with Crippen LogP contribution in [0.4, 0.5) is 0 Å². The minimum absolute atomic E-state index is 0.128. The molecule has 0 unspecified atom stereocenters. The third-order valence-electron chi connectivity index (χ3n) is 4.67. The zero-order valence-corrected chi connectivity index (χ0v) is 12.2. The number of carbonyl (C=O) groups excluding carboxylic acids is 1. The van der Waals surface area contributed by atoms with Crippen molar-refractivity contribution in [3.8, 4) is 0 Å². The molecule has 2 atom stereocenters. The molecule has 0 aromatic rings. The van der Waals surface area contributed by atoms with Crippen LogP contribution in [-0.2, 0) is 9.53 Å². The highest BCUT2D eigenvalue weighted by molar-refractivity contribution is 5.90. The van der Waals surface area contributed by atoms with E-state index in [4.69, 9.17) is 4.74 Å². The summed E-state index contributed by atoms with van der Waals surface area (Å²) in [5, 5.41) is 0. The van der Waals surface area contributed by atoms with Gasteiger partial charge in [0.15, 0.2) is 0 Å². The van der Waals surface area contributed by atoms with E-state index in [9.17, 15) is 4.79 Å². The molecule has 2 aliphatic rings. The van der Waals surface area contributed by atoms with Crippen molar-refractivity contribution in [3.63, 3.8) is 0 Å². The van der Waals surface area contributed by atoms with Crippen LogP contribution in [0, 0.1) is 5.92 Å². The predicted octanol–water partition coefficient (Wildman–Crippen LogP) is 4.78. The summed E-state index contributed by atoms with van der Waals surface area (Å²) >= 11 is 0. The maximum Gasteiger partial charge on any atom is 0.334 e. The second-order valence-electron chi connectivity index (χ2n) is 6.19. The normalized spacial score (nSPS) is 31.4. The summed E-state index contributed by atoms with van der Waals surface area (Å²) in [7, 11) is 0. The van der Waals surface area contributed by atoms with Crippen molar-refractivity contribution in [1.29, 1.82) is 0 Å². The maximum absolute atomic E-state index is 11.7. The molecule has 0 spiro atoms. The van der Waals surface area contributed by atoms with Crippen LogP contribution in [0.15, 0.2) is 12.2 Å². The molecule has 1 aliphatic carbocycles. The van der Waals surface area contributed by atoms with Gasteiger partial charge in [-0.15, -0.1) is 0 Å². The Hall–Kier alpha value is -0.790. The zero-order chi connectivity index (χ0) is 13.5. The molecule has 1 saturated carbocycles. The van der Waals surface area contributed by atoms with Gasteiger partial charge < -0.3 is 4.74 Å². The van der Waals surface area contributed by atoms with Gasteiger partial charge >= 0.3 is 5.97 Å². The molecule has 0 amide bonds. The summed E-state index contributed by atoms with van der Waals surface area (Å²) in [6.07, 6.45) is 15.5. The van der Waals surface area contributed by atoms with E-state index >= 15 is 0 Å². The van der Waals surface area contributed by atoms with E-state index in [0.717, 1.165) is 18.4 Å². The molecule has 2 rings (SSSR count). The van der Waals surface area contributed by atoms with E-state index in [1.54, 1.807) is 0 Å². The fourth-order valence-electron chi connectivity index (χ4n) is 3.42. The van der Waals surface area contributed by atoms with Crippen molar-refractivity contribution < 1.29 is 9.53 Å². The molecule has 0 aromatic heterocycles. The van der Waals surface area contributed by atoms with E-state index < -0.39 is 0 Å². The molecule has 19 heavy (non-hydrogen) atoms. The van der Waals surface area contributed by atoms with Crippen LogP contribution in [0.5, 0.6) is 0 Å². The molecule has 0 bridgehead atoms. The molecule has 2 heteroatoms. The van der Waals surface area contributed by atoms with Crippen molar-refractivity contribution >= 4 is 5.97 Å². The first kappa shape index (κ1) is 14.6. The number of ether oxygens (including phenoxy) is 1. The first-order valence-corrected chi connectivity index (χ1v) is 8.19. The largest absolute Gasteiger partial charge is 0.458 e. The molecule has 0 N–H and O–H groups in total. The van der Waals surface area contributed by atoms with Crippen molar-refractivity contribution in [3.05, 3.63) is 12.2 Å². The highest BCUT2D eigenvalue weighted by Gasteiger charge is 2.37. The Balaban J connectivity index is 1.87. The van der Waals surface area contributed by atoms with Gasteiger partial charge in [0.1, 0.15) is 6.10 Å². The Morgan fingerprint density at radius 1 is 0.789 bits per heavy atom. The summed E-state index contributed by atoms with van der Waals surface area (Å²) in [6.45, 7) is 3.95. The molecule has 108 valence electrons. The fraction of sp³-hybridized carbons (Fsp3) is 0.824. The molecular formula is C17H28O2. The lowest BCUT2D eigenvalue weighted by Crippen LogP contribution is -2.16. The number of carbonyl (C=O) groups is 1. The van der Waals surface area contributed by atoms with Crippen LogP contribution < -0.4 is 0 Å². The topological polar surface area (TPSA) is 26.3 Å². The first-order valence-electron chi connectivity index (χ1n) is 8.19. The van der Waals surface area contributed by atoms with Gasteiger partial charge in [-0.3, -0.25) is 0 Å².